The van der Waals surface area contributed by atoms with Crippen LogP contribution in [0.15, 0.2) is 41.3 Å². The highest BCUT2D eigenvalue weighted by Gasteiger charge is 2.35. The zero-order chi connectivity index (χ0) is 24.9. The van der Waals surface area contributed by atoms with Gasteiger partial charge < -0.3 is 15.4 Å². The summed E-state index contributed by atoms with van der Waals surface area (Å²) in [7, 11) is -2.16. The van der Waals surface area contributed by atoms with E-state index in [4.69, 9.17) is 4.74 Å². The number of carbonyl (C=O) groups is 2. The van der Waals surface area contributed by atoms with Crippen LogP contribution in [0.4, 0.5) is 5.69 Å². The van der Waals surface area contributed by atoms with Crippen LogP contribution in [0.5, 0.6) is 5.75 Å². The van der Waals surface area contributed by atoms with Gasteiger partial charge in [0.15, 0.2) is 0 Å². The zero-order valence-electron chi connectivity index (χ0n) is 20.2. The molecule has 0 bridgehead atoms. The Morgan fingerprint density at radius 3 is 2.44 bits per heavy atom. The van der Waals surface area contributed by atoms with E-state index in [1.54, 1.807) is 28.6 Å². The first-order valence-electron chi connectivity index (χ1n) is 11.5. The molecule has 1 fully saturated rings. The fraction of sp³-hybridized carbons (Fsp3) is 0.440. The lowest BCUT2D eigenvalue weighted by atomic mass is 10.0. The van der Waals surface area contributed by atoms with Crippen molar-refractivity contribution >= 4 is 27.5 Å². The van der Waals surface area contributed by atoms with Crippen LogP contribution >= 0.6 is 0 Å². The molecule has 1 saturated heterocycles. The fourth-order valence-electron chi connectivity index (χ4n) is 4.59. The summed E-state index contributed by atoms with van der Waals surface area (Å²) in [5.74, 6) is -0.985. The van der Waals surface area contributed by atoms with E-state index < -0.39 is 21.8 Å². The molecule has 1 atom stereocenters. The molecule has 1 aliphatic heterocycles. The summed E-state index contributed by atoms with van der Waals surface area (Å²) < 4.78 is 33.8. The molecule has 0 unspecified atom stereocenters. The number of nitrogens with one attached hydrogen (secondary N) is 2. The van der Waals surface area contributed by atoms with E-state index in [1.807, 2.05) is 32.9 Å². The number of methoxy groups -OCH3 is 1. The van der Waals surface area contributed by atoms with Gasteiger partial charge in [-0.1, -0.05) is 30.2 Å². The maximum atomic E-state index is 13.6. The van der Waals surface area contributed by atoms with Gasteiger partial charge in [0.2, 0.25) is 10.0 Å². The van der Waals surface area contributed by atoms with E-state index in [2.05, 4.69) is 10.6 Å². The second-order valence-corrected chi connectivity index (χ2v) is 10.6. The second-order valence-electron chi connectivity index (χ2n) is 8.72. The molecule has 8 nitrogen and oxygen atoms in total. The second kappa shape index (κ2) is 11.0. The lowest BCUT2D eigenvalue weighted by Crippen LogP contribution is -2.46. The van der Waals surface area contributed by atoms with Gasteiger partial charge in [-0.25, -0.2) is 8.42 Å². The monoisotopic (exact) mass is 487 g/mol. The van der Waals surface area contributed by atoms with E-state index in [-0.39, 0.29) is 12.6 Å². The molecule has 1 heterocycles. The number of piperidine rings is 1. The Morgan fingerprint density at radius 2 is 1.76 bits per heavy atom. The molecular formula is C25H33N3O5S. The maximum Gasteiger partial charge on any atom is 0.313 e. The van der Waals surface area contributed by atoms with Gasteiger partial charge in [-0.2, -0.15) is 4.31 Å². The predicted molar refractivity (Wildman–Crippen MR) is 131 cm³/mol. The van der Waals surface area contributed by atoms with Crippen LogP contribution in [0.25, 0.3) is 0 Å². The van der Waals surface area contributed by atoms with E-state index in [0.717, 1.165) is 36.0 Å². The highest BCUT2D eigenvalue weighted by Crippen LogP contribution is 2.31. The number of rotatable bonds is 7. The lowest BCUT2D eigenvalue weighted by molar-refractivity contribution is -0.136. The van der Waals surface area contributed by atoms with Crippen LogP contribution in [0.3, 0.4) is 0 Å². The zero-order valence-corrected chi connectivity index (χ0v) is 21.0. The van der Waals surface area contributed by atoms with Gasteiger partial charge >= 0.3 is 11.8 Å². The Bertz CT molecular complexity index is 1140. The summed E-state index contributed by atoms with van der Waals surface area (Å²) in [6.45, 7) is 6.25. The fourth-order valence-corrected chi connectivity index (χ4v) is 6.73. The van der Waals surface area contributed by atoms with Crippen molar-refractivity contribution in [1.29, 1.82) is 0 Å². The molecule has 0 spiro atoms. The summed E-state index contributed by atoms with van der Waals surface area (Å²) in [6, 6.07) is 10.3. The Balaban J connectivity index is 1.63. The first kappa shape index (κ1) is 25.7. The summed E-state index contributed by atoms with van der Waals surface area (Å²) in [4.78, 5) is 24.9. The number of anilines is 1. The molecule has 3 rings (SSSR count). The standard InChI is InChI=1S/C25H33N3O5S/c1-17-14-18(2)23(19(3)15-17)34(31,32)28-13-6-5-9-21(28)11-12-26-24(29)25(30)27-20-8-7-10-22(16-20)33-4/h7-8,10,14-16,21H,5-6,9,11-13H2,1-4H3,(H,26,29)(H,27,30)/t21-/m0/s1. The average Bonchev–Trinajstić information content (AvgIpc) is 2.78. The molecule has 9 heteroatoms. The highest BCUT2D eigenvalue weighted by atomic mass is 32.2. The molecule has 2 aromatic carbocycles. The maximum absolute atomic E-state index is 13.6. The third-order valence-corrected chi connectivity index (χ3v) is 8.30. The number of amides is 2. The van der Waals surface area contributed by atoms with Crippen LogP contribution in [-0.4, -0.2) is 50.8 Å². The molecule has 1 aliphatic rings. The van der Waals surface area contributed by atoms with Crippen molar-refractivity contribution < 1.29 is 22.7 Å². The van der Waals surface area contributed by atoms with Crippen LogP contribution in [0, 0.1) is 20.8 Å². The third kappa shape index (κ3) is 5.95. The van der Waals surface area contributed by atoms with E-state index in [1.165, 1.54) is 7.11 Å². The molecule has 0 radical (unpaired) electrons. The first-order chi connectivity index (χ1) is 16.1. The van der Waals surface area contributed by atoms with Crippen molar-refractivity contribution in [2.24, 2.45) is 0 Å². The molecule has 184 valence electrons. The number of hydrogen-bond acceptors (Lipinski definition) is 5. The number of sulfonamides is 1. The van der Waals surface area contributed by atoms with Gasteiger partial charge in [-0.05, 0) is 63.3 Å². The van der Waals surface area contributed by atoms with Crippen molar-refractivity contribution in [2.45, 2.75) is 57.4 Å². The van der Waals surface area contributed by atoms with Gasteiger partial charge in [-0.3, -0.25) is 9.59 Å². The average molecular weight is 488 g/mol. The third-order valence-electron chi connectivity index (χ3n) is 6.04. The quantitative estimate of drug-likeness (QED) is 0.583. The molecule has 0 saturated carbocycles. The van der Waals surface area contributed by atoms with Gasteiger partial charge in [0.1, 0.15) is 5.75 Å². The van der Waals surface area contributed by atoms with Crippen LogP contribution in [0.1, 0.15) is 42.4 Å². The van der Waals surface area contributed by atoms with Crippen molar-refractivity contribution in [3.63, 3.8) is 0 Å². The van der Waals surface area contributed by atoms with Gasteiger partial charge in [0.05, 0.1) is 12.0 Å². The Morgan fingerprint density at radius 1 is 1.06 bits per heavy atom. The Kier molecular flexibility index (Phi) is 8.33. The Labute approximate surface area is 201 Å². The number of carbonyl (C=O) groups excluding carboxylic acids is 2. The SMILES string of the molecule is COc1cccc(NC(=O)C(=O)NCC[C@@H]2CCCCN2S(=O)(=O)c2c(C)cc(C)cc2C)c1. The lowest BCUT2D eigenvalue weighted by Gasteiger charge is -2.35. The summed E-state index contributed by atoms with van der Waals surface area (Å²) in [5, 5.41) is 5.16. The number of benzene rings is 2. The normalized spacial score (nSPS) is 16.6. The largest absolute Gasteiger partial charge is 0.497 e. The number of nitrogens with zero attached hydrogens (tertiary/aromatic N) is 1. The summed E-state index contributed by atoms with van der Waals surface area (Å²) in [5.41, 5.74) is 2.96. The van der Waals surface area contributed by atoms with E-state index in [0.29, 0.717) is 29.3 Å². The van der Waals surface area contributed by atoms with Crippen molar-refractivity contribution in [3.05, 3.63) is 53.1 Å². The van der Waals surface area contributed by atoms with E-state index >= 15 is 0 Å². The molecule has 34 heavy (non-hydrogen) atoms. The molecule has 0 aliphatic carbocycles. The number of hydrogen-bond donors (Lipinski definition) is 2. The van der Waals surface area contributed by atoms with Crippen molar-refractivity contribution in [1.82, 2.24) is 9.62 Å². The van der Waals surface area contributed by atoms with E-state index in [9.17, 15) is 18.0 Å². The van der Waals surface area contributed by atoms with Gasteiger partial charge in [-0.15, -0.1) is 0 Å². The molecule has 0 aromatic heterocycles. The van der Waals surface area contributed by atoms with Crippen LogP contribution in [-0.2, 0) is 19.6 Å². The summed E-state index contributed by atoms with van der Waals surface area (Å²) >= 11 is 0. The minimum Gasteiger partial charge on any atom is -0.497 e. The summed E-state index contributed by atoms with van der Waals surface area (Å²) in [6.07, 6.45) is 2.87. The molecular weight excluding hydrogens is 454 g/mol. The highest BCUT2D eigenvalue weighted by molar-refractivity contribution is 7.89. The topological polar surface area (TPSA) is 105 Å². The molecule has 2 N–H and O–H groups in total. The predicted octanol–water partition coefficient (Wildman–Crippen LogP) is 3.31. The van der Waals surface area contributed by atoms with Gasteiger partial charge in [0, 0.05) is 30.9 Å². The van der Waals surface area contributed by atoms with Gasteiger partial charge in [0.25, 0.3) is 0 Å². The van der Waals surface area contributed by atoms with Crippen LogP contribution < -0.4 is 15.4 Å². The van der Waals surface area contributed by atoms with Crippen LogP contribution in [0.2, 0.25) is 0 Å². The minimum absolute atomic E-state index is 0.201. The minimum atomic E-state index is -3.67. The Hall–Kier alpha value is -2.91. The smallest absolute Gasteiger partial charge is 0.313 e. The molecule has 2 aromatic rings. The number of aryl methyl sites for hydroxylation is 3. The first-order valence-corrected chi connectivity index (χ1v) is 12.9. The molecule has 2 amide bonds. The number of ether oxygens (including phenoxy) is 1. The van der Waals surface area contributed by atoms with Crippen molar-refractivity contribution in [2.75, 3.05) is 25.5 Å². The van der Waals surface area contributed by atoms with Crippen molar-refractivity contribution in [3.8, 4) is 5.75 Å².